The smallest absolute Gasteiger partial charge is 0.258 e. The van der Waals surface area contributed by atoms with Gasteiger partial charge in [0.2, 0.25) is 0 Å². The molecule has 7 heteroatoms. The first-order chi connectivity index (χ1) is 12.5. The summed E-state index contributed by atoms with van der Waals surface area (Å²) in [7, 11) is 0. The Morgan fingerprint density at radius 1 is 1.27 bits per heavy atom. The van der Waals surface area contributed by atoms with Crippen LogP contribution in [-0.4, -0.2) is 26.5 Å². The molecule has 5 nitrogen and oxygen atoms in total. The largest absolute Gasteiger partial charge is 0.342 e. The number of hydrogen-bond donors (Lipinski definition) is 2. The highest BCUT2D eigenvalue weighted by Gasteiger charge is 2.12. The van der Waals surface area contributed by atoms with E-state index in [0.717, 1.165) is 5.69 Å². The minimum Gasteiger partial charge on any atom is -0.342 e. The van der Waals surface area contributed by atoms with Crippen molar-refractivity contribution in [3.8, 4) is 0 Å². The first-order valence-corrected chi connectivity index (χ1v) is 9.06. The summed E-state index contributed by atoms with van der Waals surface area (Å²) < 4.78 is 0. The highest BCUT2D eigenvalue weighted by Crippen LogP contribution is 2.15. The molecule has 0 fully saturated rings. The van der Waals surface area contributed by atoms with Crippen LogP contribution in [0.5, 0.6) is 0 Å². The van der Waals surface area contributed by atoms with E-state index in [0.29, 0.717) is 40.0 Å². The Morgan fingerprint density at radius 3 is 2.69 bits per heavy atom. The van der Waals surface area contributed by atoms with Gasteiger partial charge in [0.15, 0.2) is 5.11 Å². The number of halogens is 1. The number of benzene rings is 2. The molecule has 0 atom stereocenters. The minimum absolute atomic E-state index is 0.185. The molecule has 0 aliphatic heterocycles. The van der Waals surface area contributed by atoms with Gasteiger partial charge < -0.3 is 15.2 Å². The van der Waals surface area contributed by atoms with Gasteiger partial charge in [-0.1, -0.05) is 29.3 Å². The van der Waals surface area contributed by atoms with Gasteiger partial charge in [-0.15, -0.1) is 0 Å². The zero-order valence-corrected chi connectivity index (χ0v) is 16.1. The maximum absolute atomic E-state index is 12.3. The zero-order chi connectivity index (χ0) is 18.7. The van der Waals surface area contributed by atoms with Crippen molar-refractivity contribution in [1.29, 1.82) is 0 Å². The quantitative estimate of drug-likeness (QED) is 0.661. The number of nitrogens with one attached hydrogen (secondary N) is 2. The van der Waals surface area contributed by atoms with Gasteiger partial charge in [-0.25, -0.2) is 4.98 Å². The Hall–Kier alpha value is -2.44. The molecule has 2 aromatic carbocycles. The van der Waals surface area contributed by atoms with Crippen molar-refractivity contribution in [2.24, 2.45) is 0 Å². The lowest BCUT2D eigenvalue weighted by Gasteiger charge is -2.24. The molecule has 134 valence electrons. The number of anilines is 1. The summed E-state index contributed by atoms with van der Waals surface area (Å²) >= 11 is 11.5. The van der Waals surface area contributed by atoms with Crippen LogP contribution in [0, 0.1) is 6.92 Å². The van der Waals surface area contributed by atoms with Gasteiger partial charge in [0.05, 0.1) is 17.4 Å². The maximum Gasteiger partial charge on any atom is 0.258 e. The highest BCUT2D eigenvalue weighted by molar-refractivity contribution is 7.80. The second-order valence-corrected chi connectivity index (χ2v) is 6.81. The van der Waals surface area contributed by atoms with Crippen molar-refractivity contribution in [2.45, 2.75) is 20.4 Å². The molecule has 0 saturated carbocycles. The van der Waals surface area contributed by atoms with Crippen LogP contribution in [0.2, 0.25) is 5.02 Å². The van der Waals surface area contributed by atoms with E-state index >= 15 is 0 Å². The van der Waals surface area contributed by atoms with E-state index in [1.165, 1.54) is 5.56 Å². The van der Waals surface area contributed by atoms with Crippen molar-refractivity contribution < 1.29 is 0 Å². The lowest BCUT2D eigenvalue weighted by atomic mass is 10.2. The Kier molecular flexibility index (Phi) is 5.54. The molecule has 0 saturated heterocycles. The summed E-state index contributed by atoms with van der Waals surface area (Å²) in [6, 6.07) is 13.0. The first kappa shape index (κ1) is 18.4. The van der Waals surface area contributed by atoms with Crippen LogP contribution < -0.4 is 10.9 Å². The summed E-state index contributed by atoms with van der Waals surface area (Å²) in [5.41, 5.74) is 2.50. The van der Waals surface area contributed by atoms with Crippen LogP contribution in [0.4, 0.5) is 5.69 Å². The normalized spacial score (nSPS) is 10.7. The molecule has 2 N–H and O–H groups in total. The fraction of sp³-hybridized carbons (Fsp3) is 0.211. The van der Waals surface area contributed by atoms with Crippen LogP contribution >= 0.6 is 23.8 Å². The molecule has 1 heterocycles. The predicted octanol–water partition coefficient (Wildman–Crippen LogP) is 4.10. The van der Waals surface area contributed by atoms with Crippen molar-refractivity contribution in [2.75, 3.05) is 11.9 Å². The molecule has 26 heavy (non-hydrogen) atoms. The lowest BCUT2D eigenvalue weighted by Crippen LogP contribution is -2.35. The molecule has 0 radical (unpaired) electrons. The van der Waals surface area contributed by atoms with Crippen LogP contribution in [0.3, 0.4) is 0 Å². The first-order valence-electron chi connectivity index (χ1n) is 8.27. The second-order valence-electron chi connectivity index (χ2n) is 5.98. The molecular weight excluding hydrogens is 368 g/mol. The Bertz CT molecular complexity index is 1000. The highest BCUT2D eigenvalue weighted by atomic mass is 35.5. The van der Waals surface area contributed by atoms with E-state index < -0.39 is 0 Å². The zero-order valence-electron chi connectivity index (χ0n) is 14.5. The van der Waals surface area contributed by atoms with Gasteiger partial charge in [0.1, 0.15) is 5.82 Å². The van der Waals surface area contributed by atoms with Gasteiger partial charge in [0, 0.05) is 17.3 Å². The topological polar surface area (TPSA) is 61.0 Å². The van der Waals surface area contributed by atoms with Crippen LogP contribution in [0.25, 0.3) is 10.9 Å². The fourth-order valence-corrected chi connectivity index (χ4v) is 3.06. The van der Waals surface area contributed by atoms with Crippen LogP contribution in [0.1, 0.15) is 18.3 Å². The molecule has 3 rings (SSSR count). The average Bonchev–Trinajstić information content (AvgIpc) is 2.61. The Balaban J connectivity index is 1.81. The van der Waals surface area contributed by atoms with E-state index in [1.807, 2.05) is 43.0 Å². The summed E-state index contributed by atoms with van der Waals surface area (Å²) in [5, 5.41) is 4.85. The summed E-state index contributed by atoms with van der Waals surface area (Å²) in [5.74, 6) is 0.541. The fourth-order valence-electron chi connectivity index (χ4n) is 2.58. The van der Waals surface area contributed by atoms with E-state index in [2.05, 4.69) is 15.3 Å². The van der Waals surface area contributed by atoms with Gasteiger partial charge in [-0.2, -0.15) is 0 Å². The molecule has 0 spiro atoms. The summed E-state index contributed by atoms with van der Waals surface area (Å²) in [6.45, 7) is 5.11. The maximum atomic E-state index is 12.3. The molecule has 1 aromatic heterocycles. The number of H-pyrrole nitrogens is 1. The molecular formula is C19H19ClN4OS. The number of fused-ring (bicyclic) bond motifs is 1. The third-order valence-electron chi connectivity index (χ3n) is 4.03. The number of aromatic nitrogens is 2. The number of rotatable bonds is 4. The van der Waals surface area contributed by atoms with Crippen molar-refractivity contribution in [3.05, 3.63) is 69.2 Å². The molecule has 0 aliphatic carbocycles. The van der Waals surface area contributed by atoms with Crippen molar-refractivity contribution in [3.63, 3.8) is 0 Å². The van der Waals surface area contributed by atoms with E-state index in [-0.39, 0.29) is 5.56 Å². The van der Waals surface area contributed by atoms with E-state index in [9.17, 15) is 4.79 Å². The second kappa shape index (κ2) is 7.85. The van der Waals surface area contributed by atoms with Crippen molar-refractivity contribution >= 4 is 45.5 Å². The van der Waals surface area contributed by atoms with Crippen LogP contribution in [0.15, 0.2) is 47.3 Å². The third-order valence-corrected chi connectivity index (χ3v) is 4.63. The predicted molar refractivity (Wildman–Crippen MR) is 111 cm³/mol. The molecule has 0 bridgehead atoms. The Labute approximate surface area is 162 Å². The average molecular weight is 387 g/mol. The lowest BCUT2D eigenvalue weighted by molar-refractivity contribution is 0.429. The SMILES string of the molecule is CCN(Cc1nc2cc(Cl)ccc2c(=O)[nH]1)C(=S)Nc1ccc(C)cc1. The number of thiocarbonyl (C=S) groups is 1. The molecule has 0 aliphatic rings. The number of nitrogens with zero attached hydrogens (tertiary/aromatic N) is 2. The number of hydrogen-bond acceptors (Lipinski definition) is 3. The number of aromatic amines is 1. The number of aryl methyl sites for hydroxylation is 1. The van der Waals surface area contributed by atoms with Crippen LogP contribution in [-0.2, 0) is 6.54 Å². The molecule has 3 aromatic rings. The third kappa shape index (κ3) is 4.20. The summed E-state index contributed by atoms with van der Waals surface area (Å²) in [6.07, 6.45) is 0. The molecule has 0 unspecified atom stereocenters. The Morgan fingerprint density at radius 2 is 2.00 bits per heavy atom. The van der Waals surface area contributed by atoms with E-state index in [4.69, 9.17) is 23.8 Å². The van der Waals surface area contributed by atoms with Gasteiger partial charge in [-0.3, -0.25) is 4.79 Å². The van der Waals surface area contributed by atoms with E-state index in [1.54, 1.807) is 18.2 Å². The van der Waals surface area contributed by atoms with Gasteiger partial charge in [0.25, 0.3) is 5.56 Å². The molecule has 0 amide bonds. The van der Waals surface area contributed by atoms with Gasteiger partial charge >= 0.3 is 0 Å². The standard InChI is InChI=1S/C19H19ClN4OS/c1-3-24(19(26)21-14-7-4-12(2)5-8-14)11-17-22-16-10-13(20)6-9-15(16)18(25)23-17/h4-10H,3,11H2,1-2H3,(H,21,26)(H,22,23,25). The van der Waals surface area contributed by atoms with Crippen molar-refractivity contribution in [1.82, 2.24) is 14.9 Å². The minimum atomic E-state index is -0.185. The van der Waals surface area contributed by atoms with Gasteiger partial charge in [-0.05, 0) is 56.4 Å². The summed E-state index contributed by atoms with van der Waals surface area (Å²) in [4.78, 5) is 21.5. The monoisotopic (exact) mass is 386 g/mol.